The zero-order valence-corrected chi connectivity index (χ0v) is 23.9. The first-order valence-corrected chi connectivity index (χ1v) is 24.6. The van der Waals surface area contributed by atoms with Crippen molar-refractivity contribution in [1.82, 2.24) is 0 Å². The van der Waals surface area contributed by atoms with Gasteiger partial charge in [0.1, 0.15) is 0 Å². The van der Waals surface area contributed by atoms with E-state index in [-0.39, 0.29) is 24.8 Å². The third-order valence-corrected chi connectivity index (χ3v) is 25.2. The van der Waals surface area contributed by atoms with Crippen LogP contribution in [0.25, 0.3) is 33.7 Å². The molecular formula is C28H28Cl2SiZr. The van der Waals surface area contributed by atoms with Gasteiger partial charge in [-0.2, -0.15) is 0 Å². The molecule has 0 heterocycles. The van der Waals surface area contributed by atoms with E-state index in [0.29, 0.717) is 7.25 Å². The first kappa shape index (κ1) is 23.7. The Labute approximate surface area is 205 Å². The molecule has 2 unspecified atom stereocenters. The number of rotatable bonds is 2. The fraction of sp³-hybridized carbons (Fsp3) is 0.143. The van der Waals surface area contributed by atoms with Crippen molar-refractivity contribution in [3.8, 4) is 0 Å². The van der Waals surface area contributed by atoms with Crippen molar-refractivity contribution in [3.63, 3.8) is 0 Å². The summed E-state index contributed by atoms with van der Waals surface area (Å²) in [4.78, 5) is 0. The van der Waals surface area contributed by atoms with E-state index in [1.54, 1.807) is 11.1 Å². The maximum atomic E-state index is 2.69. The molecule has 2 aliphatic rings. The van der Waals surface area contributed by atoms with Gasteiger partial charge < -0.3 is 0 Å². The van der Waals surface area contributed by atoms with Crippen molar-refractivity contribution in [2.24, 2.45) is 0 Å². The first-order chi connectivity index (χ1) is 14.4. The van der Waals surface area contributed by atoms with E-state index in [1.165, 1.54) is 32.7 Å². The van der Waals surface area contributed by atoms with Crippen LogP contribution in [0.1, 0.15) is 29.5 Å². The van der Waals surface area contributed by atoms with Gasteiger partial charge in [0.25, 0.3) is 0 Å². The van der Waals surface area contributed by atoms with Gasteiger partial charge in [-0.15, -0.1) is 24.8 Å². The molecule has 0 aromatic heterocycles. The van der Waals surface area contributed by atoms with E-state index in [1.807, 2.05) is 0 Å². The van der Waals surface area contributed by atoms with Gasteiger partial charge in [-0.25, -0.2) is 0 Å². The number of hydrogen-bond donors (Lipinski definition) is 0. The quantitative estimate of drug-likeness (QED) is 0.220. The molecule has 0 bridgehead atoms. The Morgan fingerprint density at radius 1 is 0.594 bits per heavy atom. The molecule has 2 atom stereocenters. The predicted octanol–water partition coefficient (Wildman–Crippen LogP) is 8.01. The third-order valence-electron chi connectivity index (χ3n) is 7.61. The van der Waals surface area contributed by atoms with Gasteiger partial charge in [-0.05, 0) is 0 Å². The van der Waals surface area contributed by atoms with Gasteiger partial charge in [0.05, 0.1) is 0 Å². The van der Waals surface area contributed by atoms with Crippen LogP contribution in [0, 0.1) is 0 Å². The zero-order valence-electron chi connectivity index (χ0n) is 18.4. The van der Waals surface area contributed by atoms with Crippen LogP contribution >= 0.6 is 24.8 Å². The average molecular weight is 555 g/mol. The standard InChI is InChI=1S/2C13H9.2CH3.2ClH.H2Si.Zr/c2*1-2-6-12-10(4-1)8-9-11-5-3-7-13(11)12;;;;;;/h2*1-9H;2*1H3;2*1H;1H2;. The summed E-state index contributed by atoms with van der Waals surface area (Å²) in [5.74, 6) is 0. The Hall–Kier alpha value is -1.44. The third kappa shape index (κ3) is 3.34. The van der Waals surface area contributed by atoms with Gasteiger partial charge in [-0.3, -0.25) is 0 Å². The molecule has 2 aliphatic carbocycles. The van der Waals surface area contributed by atoms with E-state index in [4.69, 9.17) is 0 Å². The monoisotopic (exact) mass is 552 g/mol. The summed E-state index contributed by atoms with van der Waals surface area (Å²) in [6.45, 7) is 2.40. The van der Waals surface area contributed by atoms with Gasteiger partial charge in [0, 0.05) is 0 Å². The number of benzene rings is 4. The van der Waals surface area contributed by atoms with Crippen LogP contribution in [-0.4, -0.2) is 6.88 Å². The summed E-state index contributed by atoms with van der Waals surface area (Å²) in [6.07, 6.45) is 9.88. The van der Waals surface area contributed by atoms with Gasteiger partial charge in [0.15, 0.2) is 0 Å². The number of fused-ring (bicyclic) bond motifs is 6. The normalized spacial score (nSPS) is 18.8. The molecule has 0 spiro atoms. The summed E-state index contributed by atoms with van der Waals surface area (Å²) in [5.41, 5.74) is 6.02. The Kier molecular flexibility index (Phi) is 6.00. The van der Waals surface area contributed by atoms with Crippen LogP contribution in [0.15, 0.2) is 84.9 Å². The van der Waals surface area contributed by atoms with E-state index in [9.17, 15) is 0 Å². The molecule has 0 amide bonds. The molecule has 4 heteroatoms. The van der Waals surface area contributed by atoms with Crippen molar-refractivity contribution in [2.75, 3.05) is 0 Å². The van der Waals surface area contributed by atoms with Gasteiger partial charge in [0.2, 0.25) is 0 Å². The fourth-order valence-electron chi connectivity index (χ4n) is 5.98. The second-order valence-electron chi connectivity index (χ2n) is 10.2. The molecule has 0 aliphatic heterocycles. The van der Waals surface area contributed by atoms with Gasteiger partial charge >= 0.3 is 182 Å². The van der Waals surface area contributed by atoms with Gasteiger partial charge in [-0.1, -0.05) is 0 Å². The molecule has 32 heavy (non-hydrogen) atoms. The number of halogens is 2. The van der Waals surface area contributed by atoms with Crippen molar-refractivity contribution in [3.05, 3.63) is 107 Å². The van der Waals surface area contributed by atoms with Crippen LogP contribution in [0.5, 0.6) is 0 Å². The van der Waals surface area contributed by atoms with E-state index >= 15 is 0 Å². The molecule has 162 valence electrons. The molecule has 0 saturated heterocycles. The second kappa shape index (κ2) is 8.10. The molecule has 0 radical (unpaired) electrons. The van der Waals surface area contributed by atoms with E-state index < -0.39 is 17.4 Å². The van der Waals surface area contributed by atoms with E-state index in [2.05, 4.69) is 113 Å². The Balaban J connectivity index is 0.00000122. The molecule has 4 aromatic rings. The summed E-state index contributed by atoms with van der Waals surface area (Å²) in [7, 11) is 0. The minimum absolute atomic E-state index is 0. The molecule has 0 saturated carbocycles. The average Bonchev–Trinajstić information content (AvgIpc) is 3.39. The zero-order chi connectivity index (χ0) is 20.5. The molecule has 4 aromatic carbocycles. The van der Waals surface area contributed by atoms with Crippen molar-refractivity contribution >= 4 is 65.4 Å². The van der Waals surface area contributed by atoms with Crippen molar-refractivity contribution < 1.29 is 17.4 Å². The summed E-state index contributed by atoms with van der Waals surface area (Å²) >= 11 is -3.34. The molecule has 0 fully saturated rings. The Morgan fingerprint density at radius 3 is 1.44 bits per heavy atom. The van der Waals surface area contributed by atoms with Crippen LogP contribution in [-0.2, 0) is 17.4 Å². The maximum absolute atomic E-state index is 3.34. The van der Waals surface area contributed by atoms with Crippen molar-refractivity contribution in [1.29, 1.82) is 0 Å². The molecular weight excluding hydrogens is 527 g/mol. The Morgan fingerprint density at radius 2 is 1.00 bits per heavy atom. The number of allylic oxidation sites excluding steroid dienone is 2. The van der Waals surface area contributed by atoms with Crippen molar-refractivity contribution in [2.45, 2.75) is 16.5 Å². The fourth-order valence-corrected chi connectivity index (χ4v) is 20.8. The van der Waals surface area contributed by atoms with Crippen LogP contribution in [0.3, 0.4) is 0 Å². The Bertz CT molecular complexity index is 1390. The molecule has 0 N–H and O–H groups in total. The number of hydrogen-bond acceptors (Lipinski definition) is 0. The SMILES string of the molecule is Cl.Cl.[CH3][Zr]([CH3])(=[SiH2])([CH]1C=Cc2ccc3ccccc3c21)[CH]1C=Cc2ccc3ccccc3c21. The molecule has 6 rings (SSSR count). The predicted molar refractivity (Wildman–Crippen MR) is 146 cm³/mol. The summed E-state index contributed by atoms with van der Waals surface area (Å²) in [6, 6.07) is 27.1. The first-order valence-electron chi connectivity index (χ1n) is 10.9. The van der Waals surface area contributed by atoms with E-state index in [0.717, 1.165) is 0 Å². The van der Waals surface area contributed by atoms with Crippen LogP contribution < -0.4 is 0 Å². The second-order valence-corrected chi connectivity index (χ2v) is 40.9. The summed E-state index contributed by atoms with van der Waals surface area (Å²) < 4.78 is 6.51. The van der Waals surface area contributed by atoms with Crippen LogP contribution in [0.2, 0.25) is 9.26 Å². The van der Waals surface area contributed by atoms with Crippen LogP contribution in [0.4, 0.5) is 0 Å². The topological polar surface area (TPSA) is 0 Å². The minimum atomic E-state index is -3.34. The molecule has 0 nitrogen and oxygen atoms in total. The summed E-state index contributed by atoms with van der Waals surface area (Å²) in [5, 5.41) is 5.63.